The molecule has 0 atom stereocenters. The summed E-state index contributed by atoms with van der Waals surface area (Å²) in [6.45, 7) is 0. The number of halogens is 2. The van der Waals surface area contributed by atoms with E-state index in [0.717, 1.165) is 0 Å². The fraction of sp³-hybridized carbons (Fsp3) is 0. The quantitative estimate of drug-likeness (QED) is 0.146. The molecule has 2 aromatic heterocycles. The Morgan fingerprint density at radius 1 is 0.622 bits per heavy atom. The third-order valence-corrected chi connectivity index (χ3v) is 4.44. The Labute approximate surface area is 232 Å². The van der Waals surface area contributed by atoms with Gasteiger partial charge in [-0.1, -0.05) is 47.5 Å². The first kappa shape index (κ1) is 33.3. The van der Waals surface area contributed by atoms with Crippen molar-refractivity contribution in [2.75, 3.05) is 0 Å². The van der Waals surface area contributed by atoms with E-state index in [0.29, 0.717) is 32.7 Å². The molecule has 13 heteroatoms. The van der Waals surface area contributed by atoms with Crippen LogP contribution < -0.4 is 10.2 Å². The van der Waals surface area contributed by atoms with Crippen molar-refractivity contribution < 1.29 is 47.1 Å². The smallest absolute Gasteiger partial charge is 0.857 e. The van der Waals surface area contributed by atoms with E-state index in [1.807, 2.05) is 0 Å². The van der Waals surface area contributed by atoms with Crippen LogP contribution in [-0.2, 0) is 17.1 Å². The van der Waals surface area contributed by atoms with Crippen LogP contribution in [-0.4, -0.2) is 35.2 Å². The molecule has 0 amide bonds. The van der Waals surface area contributed by atoms with Gasteiger partial charge in [-0.15, -0.1) is 0 Å². The summed E-state index contributed by atoms with van der Waals surface area (Å²) in [5.74, 6) is 0.226. The standard InChI is InChI=1S/2C12H9ClN2O2.Mn.2H2O/c2*13-10-5-3-9(4-6-10)12(16)15-14-8-11-2-1-7-17-11;;;/h2*1-8H,(H,15,16);;2*1H2/q;;+2;;/p-2/b2*14-8+;;;. The summed E-state index contributed by atoms with van der Waals surface area (Å²) in [6, 6.07) is 19.8. The first-order chi connectivity index (χ1) is 16.5. The molecule has 0 spiro atoms. The summed E-state index contributed by atoms with van der Waals surface area (Å²) in [7, 11) is 0. The predicted octanol–water partition coefficient (Wildman–Crippen LogP) is 2.50. The first-order valence-electron chi connectivity index (χ1n) is 9.66. The van der Waals surface area contributed by atoms with Gasteiger partial charge < -0.3 is 30.0 Å². The number of hydrogen-bond donors (Lipinski definition) is 0. The Morgan fingerprint density at radius 3 is 1.27 bits per heavy atom. The third kappa shape index (κ3) is 11.7. The van der Waals surface area contributed by atoms with Gasteiger partial charge in [0.05, 0.1) is 25.0 Å². The van der Waals surface area contributed by atoms with Crippen molar-refractivity contribution in [3.63, 3.8) is 0 Å². The minimum atomic E-state index is -0.426. The predicted molar refractivity (Wildman–Crippen MR) is 136 cm³/mol. The summed E-state index contributed by atoms with van der Waals surface area (Å²) >= 11 is 11.4. The van der Waals surface area contributed by atoms with Gasteiger partial charge in [0.2, 0.25) is 0 Å². The molecule has 2 aromatic carbocycles. The van der Waals surface area contributed by atoms with Gasteiger partial charge in [0.1, 0.15) is 11.5 Å². The largest absolute Gasteiger partial charge is 2.00 e. The van der Waals surface area contributed by atoms with Crippen molar-refractivity contribution in [1.29, 1.82) is 0 Å². The zero-order valence-electron chi connectivity index (χ0n) is 18.8. The maximum atomic E-state index is 11.5. The molecule has 0 saturated carbocycles. The van der Waals surface area contributed by atoms with Crippen molar-refractivity contribution in [2.45, 2.75) is 0 Å². The van der Waals surface area contributed by atoms with Crippen LogP contribution in [0.25, 0.3) is 0 Å². The molecule has 4 rings (SSSR count). The second-order valence-corrected chi connectivity index (χ2v) is 7.22. The van der Waals surface area contributed by atoms with E-state index in [9.17, 15) is 10.2 Å². The summed E-state index contributed by atoms with van der Waals surface area (Å²) in [5.41, 5.74) is 0.872. The molecule has 0 aliphatic rings. The molecular weight excluding hydrogens is 566 g/mol. The van der Waals surface area contributed by atoms with E-state index in [-0.39, 0.29) is 28.0 Å². The van der Waals surface area contributed by atoms with E-state index in [1.165, 1.54) is 25.0 Å². The van der Waals surface area contributed by atoms with Crippen molar-refractivity contribution in [3.8, 4) is 0 Å². The molecule has 37 heavy (non-hydrogen) atoms. The van der Waals surface area contributed by atoms with Gasteiger partial charge >= 0.3 is 17.1 Å². The van der Waals surface area contributed by atoms with Gasteiger partial charge in [-0.3, -0.25) is 0 Å². The zero-order chi connectivity index (χ0) is 24.2. The zero-order valence-corrected chi connectivity index (χ0v) is 21.5. The Bertz CT molecular complexity index is 1170. The molecule has 0 aliphatic heterocycles. The van der Waals surface area contributed by atoms with Crippen LogP contribution in [0, 0.1) is 0 Å². The average molecular weight is 586 g/mol. The van der Waals surface area contributed by atoms with Gasteiger partial charge in [-0.05, 0) is 59.7 Å². The van der Waals surface area contributed by atoms with Gasteiger partial charge in [0.15, 0.2) is 0 Å². The number of benzene rings is 2. The topological polar surface area (TPSA) is 185 Å². The van der Waals surface area contributed by atoms with E-state index in [1.54, 1.807) is 72.8 Å². The Morgan fingerprint density at radius 2 is 0.973 bits per heavy atom. The van der Waals surface area contributed by atoms with Gasteiger partial charge in [-0.25, -0.2) is 0 Å². The van der Waals surface area contributed by atoms with Crippen LogP contribution in [0.5, 0.6) is 0 Å². The Balaban J connectivity index is 0.000000648. The molecule has 2 heterocycles. The molecule has 10 nitrogen and oxygen atoms in total. The van der Waals surface area contributed by atoms with Crippen molar-refractivity contribution in [1.82, 2.24) is 0 Å². The number of furan rings is 2. The van der Waals surface area contributed by atoms with Crippen LogP contribution in [0.15, 0.2) is 115 Å². The SMILES string of the molecule is O.O.[Mn+2].[O-]/C(=N\N=C\c1ccco1)c1ccc(Cl)cc1.[O-]/C(=N\N=C\c1ccco1)c1ccc(Cl)cc1. The maximum absolute atomic E-state index is 11.5. The first-order valence-corrected chi connectivity index (χ1v) is 10.4. The summed E-state index contributed by atoms with van der Waals surface area (Å²) < 4.78 is 10.00. The second-order valence-electron chi connectivity index (χ2n) is 6.34. The van der Waals surface area contributed by atoms with Crippen molar-refractivity contribution in [3.05, 3.63) is 118 Å². The fourth-order valence-electron chi connectivity index (χ4n) is 2.31. The van der Waals surface area contributed by atoms with Gasteiger partial charge in [0, 0.05) is 21.8 Å². The van der Waals surface area contributed by atoms with Crippen LogP contribution >= 0.6 is 23.2 Å². The van der Waals surface area contributed by atoms with Gasteiger partial charge in [-0.2, -0.15) is 20.4 Å². The molecule has 0 saturated heterocycles. The van der Waals surface area contributed by atoms with Crippen LogP contribution in [0.3, 0.4) is 0 Å². The second kappa shape index (κ2) is 17.7. The molecule has 1 radical (unpaired) electrons. The summed E-state index contributed by atoms with van der Waals surface area (Å²) in [4.78, 5) is 0. The van der Waals surface area contributed by atoms with E-state index >= 15 is 0 Å². The van der Waals surface area contributed by atoms with E-state index in [4.69, 9.17) is 32.0 Å². The fourth-order valence-corrected chi connectivity index (χ4v) is 2.56. The molecule has 0 bridgehead atoms. The molecular formula is C24H20Cl2MnN4O6. The van der Waals surface area contributed by atoms with E-state index < -0.39 is 11.8 Å². The van der Waals surface area contributed by atoms with Crippen molar-refractivity contribution >= 4 is 47.4 Å². The molecule has 0 unspecified atom stereocenters. The van der Waals surface area contributed by atoms with Crippen LogP contribution in [0.4, 0.5) is 0 Å². The average Bonchev–Trinajstić information content (AvgIpc) is 3.55. The Kier molecular flexibility index (Phi) is 15.9. The number of nitrogens with zero attached hydrogens (tertiary/aromatic N) is 4. The minimum absolute atomic E-state index is 0. The van der Waals surface area contributed by atoms with Crippen LogP contribution in [0.2, 0.25) is 10.0 Å². The molecule has 193 valence electrons. The third-order valence-electron chi connectivity index (χ3n) is 3.94. The molecule has 4 N–H and O–H groups in total. The Hall–Kier alpha value is -3.70. The summed E-state index contributed by atoms with van der Waals surface area (Å²) in [6.07, 6.45) is 5.77. The number of hydrogen-bond acceptors (Lipinski definition) is 8. The van der Waals surface area contributed by atoms with E-state index in [2.05, 4.69) is 20.4 Å². The summed E-state index contributed by atoms with van der Waals surface area (Å²) in [5, 5.41) is 38.5. The minimum Gasteiger partial charge on any atom is -0.857 e. The monoisotopic (exact) mass is 585 g/mol. The molecule has 0 aliphatic carbocycles. The van der Waals surface area contributed by atoms with Gasteiger partial charge in [0.25, 0.3) is 0 Å². The maximum Gasteiger partial charge on any atom is 2.00 e. The normalized spacial score (nSPS) is 11.2. The molecule has 4 aromatic rings. The van der Waals surface area contributed by atoms with Crippen molar-refractivity contribution in [2.24, 2.45) is 20.4 Å². The molecule has 0 fully saturated rings. The van der Waals surface area contributed by atoms with Crippen LogP contribution in [0.1, 0.15) is 22.6 Å². The number of rotatable bonds is 6.